The number of aliphatic hydroxyl groups is 1. The number of fused-ring (bicyclic) bond motifs is 1. The van der Waals surface area contributed by atoms with E-state index in [1.54, 1.807) is 60.5 Å². The highest BCUT2D eigenvalue weighted by atomic mass is 32.2. The Morgan fingerprint density at radius 1 is 1.11 bits per heavy atom. The Hall–Kier alpha value is -3.37. The second-order valence-corrected chi connectivity index (χ2v) is 10.5. The van der Waals surface area contributed by atoms with Crippen LogP contribution in [0.1, 0.15) is 19.4 Å². The lowest BCUT2D eigenvalue weighted by Crippen LogP contribution is -2.54. The van der Waals surface area contributed by atoms with Crippen molar-refractivity contribution in [1.82, 2.24) is 9.29 Å². The lowest BCUT2D eigenvalue weighted by molar-refractivity contribution is -0.146. The third kappa shape index (κ3) is 5.18. The Labute approximate surface area is 205 Å². The van der Waals surface area contributed by atoms with E-state index < -0.39 is 40.6 Å². The van der Waals surface area contributed by atoms with Crippen LogP contribution in [-0.2, 0) is 24.3 Å². The number of benzene rings is 2. The van der Waals surface area contributed by atoms with Crippen LogP contribution in [0.2, 0.25) is 0 Å². The summed E-state index contributed by atoms with van der Waals surface area (Å²) < 4.78 is 32.5. The molecule has 3 aromatic rings. The number of aliphatic hydroxyl groups excluding tert-OH is 1. The largest absolute Gasteiger partial charge is 0.467 e. The highest BCUT2D eigenvalue weighted by molar-refractivity contribution is 7.90. The van der Waals surface area contributed by atoms with E-state index in [9.17, 15) is 23.1 Å². The van der Waals surface area contributed by atoms with E-state index in [0.29, 0.717) is 16.6 Å². The van der Waals surface area contributed by atoms with Crippen LogP contribution < -0.4 is 10.2 Å². The lowest BCUT2D eigenvalue weighted by atomic mass is 10.00. The van der Waals surface area contributed by atoms with Crippen LogP contribution in [0.15, 0.2) is 59.6 Å². The van der Waals surface area contributed by atoms with E-state index >= 15 is 0 Å². The summed E-state index contributed by atoms with van der Waals surface area (Å²) >= 11 is 0. The number of esters is 1. The van der Waals surface area contributed by atoms with Gasteiger partial charge in [-0.25, -0.2) is 17.2 Å². The minimum absolute atomic E-state index is 0.175. The fourth-order valence-corrected chi connectivity index (χ4v) is 5.47. The number of carbonyl (C=O) groups excluding carboxylic acids is 2. The molecule has 2 atom stereocenters. The first kappa shape index (κ1) is 26.2. The highest BCUT2D eigenvalue weighted by Gasteiger charge is 2.32. The van der Waals surface area contributed by atoms with Crippen LogP contribution in [0.3, 0.4) is 0 Å². The predicted octanol–water partition coefficient (Wildman–Crippen LogP) is 2.30. The highest BCUT2D eigenvalue weighted by Crippen LogP contribution is 2.32. The number of rotatable bonds is 9. The zero-order chi connectivity index (χ0) is 25.9. The normalized spacial score (nSPS) is 13.5. The molecule has 2 aromatic carbocycles. The Balaban J connectivity index is 2.01. The van der Waals surface area contributed by atoms with Crippen molar-refractivity contribution in [3.8, 4) is 0 Å². The van der Waals surface area contributed by atoms with Gasteiger partial charge in [-0.1, -0.05) is 37.6 Å². The minimum Gasteiger partial charge on any atom is -0.467 e. The summed E-state index contributed by atoms with van der Waals surface area (Å²) in [5, 5.41) is 12.7. The summed E-state index contributed by atoms with van der Waals surface area (Å²) in [5.41, 5.74) is 2.08. The second-order valence-electron chi connectivity index (χ2n) is 8.71. The van der Waals surface area contributed by atoms with Crippen molar-refractivity contribution < 1.29 is 27.9 Å². The summed E-state index contributed by atoms with van der Waals surface area (Å²) in [6.45, 7) is 5.01. The van der Waals surface area contributed by atoms with Crippen LogP contribution in [0.25, 0.3) is 10.9 Å². The third-order valence-corrected chi connectivity index (χ3v) is 7.64. The number of hydrogen-bond donors (Lipinski definition) is 2. The van der Waals surface area contributed by atoms with E-state index in [1.807, 2.05) is 20.8 Å². The number of nitrogens with one attached hydrogen (secondary N) is 1. The van der Waals surface area contributed by atoms with Crippen LogP contribution >= 0.6 is 0 Å². The molecule has 0 fully saturated rings. The number of ether oxygens (including phenoxy) is 1. The zero-order valence-electron chi connectivity index (χ0n) is 20.4. The van der Waals surface area contributed by atoms with Crippen molar-refractivity contribution in [2.75, 3.05) is 25.7 Å². The summed E-state index contributed by atoms with van der Waals surface area (Å²) in [7, 11) is -0.914. The molecule has 0 saturated heterocycles. The number of carbonyl (C=O) groups is 2. The standard InChI is InChI=1S/C25H31N3O6S/c1-16(2)23(24(30)26-20(15-29)25(31)34-5)27(4)21-7-6-8-22-19(21)13-14-28(22)35(32,33)18-11-9-17(3)10-12-18/h6-14,16,20,23,29H,15H2,1-5H3,(H,26,30). The Kier molecular flexibility index (Phi) is 7.86. The lowest BCUT2D eigenvalue weighted by Gasteiger charge is -2.33. The molecule has 2 N–H and O–H groups in total. The van der Waals surface area contributed by atoms with Crippen molar-refractivity contribution in [3.05, 3.63) is 60.3 Å². The molecule has 1 amide bonds. The maximum Gasteiger partial charge on any atom is 0.330 e. The minimum atomic E-state index is -3.83. The fourth-order valence-electron chi connectivity index (χ4n) is 4.12. The summed E-state index contributed by atoms with van der Waals surface area (Å²) in [5.74, 6) is -1.38. The molecule has 0 bridgehead atoms. The Bertz CT molecular complexity index is 1310. The molecule has 0 spiro atoms. The first-order valence-corrected chi connectivity index (χ1v) is 12.6. The van der Waals surface area contributed by atoms with Crippen LogP contribution in [0, 0.1) is 12.8 Å². The van der Waals surface area contributed by atoms with Gasteiger partial charge in [-0.3, -0.25) is 4.79 Å². The smallest absolute Gasteiger partial charge is 0.330 e. The fraction of sp³-hybridized carbons (Fsp3) is 0.360. The van der Waals surface area contributed by atoms with E-state index in [-0.39, 0.29) is 10.8 Å². The first-order chi connectivity index (χ1) is 16.5. The first-order valence-electron chi connectivity index (χ1n) is 11.2. The molecule has 0 aliphatic heterocycles. The number of nitrogens with zero attached hydrogens (tertiary/aromatic N) is 2. The molecule has 3 rings (SSSR count). The number of aryl methyl sites for hydroxylation is 1. The van der Waals surface area contributed by atoms with Gasteiger partial charge < -0.3 is 20.1 Å². The van der Waals surface area contributed by atoms with Crippen LogP contribution in [0.4, 0.5) is 5.69 Å². The molecular weight excluding hydrogens is 470 g/mol. The summed E-state index contributed by atoms with van der Waals surface area (Å²) in [4.78, 5) is 26.9. The average molecular weight is 502 g/mol. The molecule has 188 valence electrons. The molecule has 0 saturated carbocycles. The maximum atomic E-state index is 13.3. The second kappa shape index (κ2) is 10.5. The van der Waals surface area contributed by atoms with E-state index in [4.69, 9.17) is 0 Å². The number of likely N-dealkylation sites (N-methyl/N-ethyl adjacent to an activating group) is 1. The molecule has 9 nitrogen and oxygen atoms in total. The van der Waals surface area contributed by atoms with Gasteiger partial charge in [0.2, 0.25) is 5.91 Å². The monoisotopic (exact) mass is 501 g/mol. The van der Waals surface area contributed by atoms with Gasteiger partial charge in [0.1, 0.15) is 6.04 Å². The van der Waals surface area contributed by atoms with Crippen molar-refractivity contribution in [1.29, 1.82) is 0 Å². The quantitative estimate of drug-likeness (QED) is 0.432. The molecule has 0 aliphatic rings. The molecule has 10 heteroatoms. The van der Waals surface area contributed by atoms with Gasteiger partial charge in [-0.05, 0) is 43.2 Å². The van der Waals surface area contributed by atoms with Crippen molar-refractivity contribution in [3.63, 3.8) is 0 Å². The molecule has 0 aliphatic carbocycles. The summed E-state index contributed by atoms with van der Waals surface area (Å²) in [6.07, 6.45) is 1.50. The number of amides is 1. The number of aromatic nitrogens is 1. The Morgan fingerprint density at radius 2 is 1.77 bits per heavy atom. The number of hydrogen-bond acceptors (Lipinski definition) is 7. The van der Waals surface area contributed by atoms with E-state index in [1.165, 1.54) is 17.3 Å². The molecule has 2 unspecified atom stereocenters. The Morgan fingerprint density at radius 3 is 2.34 bits per heavy atom. The van der Waals surface area contributed by atoms with Crippen molar-refractivity contribution in [2.24, 2.45) is 5.92 Å². The van der Waals surface area contributed by atoms with Crippen LogP contribution in [-0.4, -0.2) is 62.2 Å². The zero-order valence-corrected chi connectivity index (χ0v) is 21.2. The van der Waals surface area contributed by atoms with Gasteiger partial charge in [0.05, 0.1) is 24.1 Å². The van der Waals surface area contributed by atoms with Crippen molar-refractivity contribution >= 4 is 38.5 Å². The molecule has 1 heterocycles. The van der Waals surface area contributed by atoms with Crippen LogP contribution in [0.5, 0.6) is 0 Å². The SMILES string of the molecule is COC(=O)C(CO)NC(=O)C(C(C)C)N(C)c1cccc2c1ccn2S(=O)(=O)c1ccc(C)cc1. The number of methoxy groups -OCH3 is 1. The summed E-state index contributed by atoms with van der Waals surface area (Å²) in [6, 6.07) is 11.7. The molecule has 35 heavy (non-hydrogen) atoms. The van der Waals surface area contributed by atoms with Crippen molar-refractivity contribution in [2.45, 2.75) is 37.8 Å². The van der Waals surface area contributed by atoms with Gasteiger partial charge in [0.15, 0.2) is 6.04 Å². The predicted molar refractivity (Wildman–Crippen MR) is 134 cm³/mol. The maximum absolute atomic E-state index is 13.3. The topological polar surface area (TPSA) is 118 Å². The van der Waals surface area contributed by atoms with Gasteiger partial charge in [0.25, 0.3) is 10.0 Å². The van der Waals surface area contributed by atoms with Gasteiger partial charge in [-0.15, -0.1) is 0 Å². The van der Waals surface area contributed by atoms with Gasteiger partial charge >= 0.3 is 5.97 Å². The molecule has 0 radical (unpaired) electrons. The molecule has 1 aromatic heterocycles. The van der Waals surface area contributed by atoms with E-state index in [2.05, 4.69) is 10.1 Å². The average Bonchev–Trinajstić information content (AvgIpc) is 3.27. The number of anilines is 1. The third-order valence-electron chi connectivity index (χ3n) is 5.93. The van der Waals surface area contributed by atoms with E-state index in [0.717, 1.165) is 5.56 Å². The van der Waals surface area contributed by atoms with Gasteiger partial charge in [-0.2, -0.15) is 0 Å². The molecular formula is C25H31N3O6S. The van der Waals surface area contributed by atoms with Gasteiger partial charge in [0, 0.05) is 24.3 Å².